The number of nitrogens with zero attached hydrogens (tertiary/aromatic N) is 2. The van der Waals surface area contributed by atoms with Crippen LogP contribution in [0.2, 0.25) is 0 Å². The molecule has 0 fully saturated rings. The molecule has 0 aliphatic carbocycles. The minimum atomic E-state index is -1.08. The van der Waals surface area contributed by atoms with Crippen LogP contribution < -0.4 is 10.2 Å². The smallest absolute Gasteiger partial charge is 0.326 e. The van der Waals surface area contributed by atoms with Crippen LogP contribution in [0.5, 0.6) is 0 Å². The highest BCUT2D eigenvalue weighted by atomic mass is 16.4. The van der Waals surface area contributed by atoms with Gasteiger partial charge in [0.05, 0.1) is 0 Å². The summed E-state index contributed by atoms with van der Waals surface area (Å²) < 4.78 is 0. The molecule has 0 bridgehead atoms. The van der Waals surface area contributed by atoms with Crippen molar-refractivity contribution in [2.45, 2.75) is 109 Å². The van der Waals surface area contributed by atoms with Crippen molar-refractivity contribution in [2.75, 3.05) is 6.54 Å². The molecular weight excluding hydrogens is 344 g/mol. The van der Waals surface area contributed by atoms with Crippen molar-refractivity contribution < 1.29 is 14.7 Å². The normalized spacial score (nSPS) is 11.6. The average Bonchev–Trinajstić information content (AvgIpc) is 2.64. The van der Waals surface area contributed by atoms with E-state index in [0.717, 1.165) is 19.3 Å². The Morgan fingerprint density at radius 3 is 1.85 bits per heavy atom. The maximum Gasteiger partial charge on any atom is 0.326 e. The summed E-state index contributed by atoms with van der Waals surface area (Å²) in [7, 11) is 0. The Balaban J connectivity index is 3.51. The van der Waals surface area contributed by atoms with Gasteiger partial charge in [-0.25, -0.2) is 4.79 Å². The van der Waals surface area contributed by atoms with Crippen LogP contribution in [0.15, 0.2) is 5.11 Å². The minimum Gasteiger partial charge on any atom is -0.480 e. The monoisotopic (exact) mass is 383 g/mol. The number of carbonyl (C=O) groups is 2. The summed E-state index contributed by atoms with van der Waals surface area (Å²) in [5, 5.41) is 15.0. The second-order valence-corrected chi connectivity index (χ2v) is 7.20. The SMILES string of the molecule is CCCCCCCCCCCCCCCC(=O)NC(CCN=[N+]=N)C(=O)O. The van der Waals surface area contributed by atoms with E-state index in [1.165, 1.54) is 64.2 Å². The molecule has 0 saturated heterocycles. The van der Waals surface area contributed by atoms with Crippen LogP contribution in [-0.2, 0) is 9.59 Å². The van der Waals surface area contributed by atoms with Gasteiger partial charge in [0.2, 0.25) is 10.8 Å². The summed E-state index contributed by atoms with van der Waals surface area (Å²) in [6.45, 7) is 2.37. The fourth-order valence-electron chi connectivity index (χ4n) is 3.06. The van der Waals surface area contributed by atoms with E-state index in [0.29, 0.717) is 6.42 Å². The molecule has 1 atom stereocenters. The quantitative estimate of drug-likeness (QED) is 0.166. The van der Waals surface area contributed by atoms with E-state index in [-0.39, 0.29) is 18.9 Å². The lowest BCUT2D eigenvalue weighted by atomic mass is 10.0. The van der Waals surface area contributed by atoms with E-state index in [2.05, 4.69) is 22.3 Å². The van der Waals surface area contributed by atoms with E-state index < -0.39 is 12.0 Å². The topological polar surface area (TPSA) is 117 Å². The number of carboxylic acids is 1. The fourth-order valence-corrected chi connectivity index (χ4v) is 3.06. The van der Waals surface area contributed by atoms with Crippen LogP contribution in [0, 0.1) is 5.53 Å². The molecule has 3 N–H and O–H groups in total. The van der Waals surface area contributed by atoms with Gasteiger partial charge in [-0.2, -0.15) is 0 Å². The number of hydrogen-bond donors (Lipinski definition) is 3. The molecule has 27 heavy (non-hydrogen) atoms. The summed E-state index contributed by atoms with van der Waals surface area (Å²) in [6, 6.07) is -0.954. The van der Waals surface area contributed by atoms with Gasteiger partial charge in [0, 0.05) is 12.8 Å². The molecule has 0 aromatic rings. The summed E-state index contributed by atoms with van der Waals surface area (Å²) in [5.41, 5.74) is 6.54. The number of carbonyl (C=O) groups excluding carboxylic acids is 1. The molecule has 0 aliphatic rings. The number of unbranched alkanes of at least 4 members (excludes halogenated alkanes) is 12. The van der Waals surface area contributed by atoms with E-state index >= 15 is 0 Å². The van der Waals surface area contributed by atoms with Crippen molar-refractivity contribution in [3.63, 3.8) is 0 Å². The van der Waals surface area contributed by atoms with Gasteiger partial charge in [0.15, 0.2) is 0 Å². The van der Waals surface area contributed by atoms with Gasteiger partial charge in [0.1, 0.15) is 23.2 Å². The lowest BCUT2D eigenvalue weighted by Gasteiger charge is -2.12. The lowest BCUT2D eigenvalue weighted by molar-refractivity contribution is -0.142. The van der Waals surface area contributed by atoms with Crippen molar-refractivity contribution in [1.82, 2.24) is 10.2 Å². The van der Waals surface area contributed by atoms with Crippen molar-refractivity contribution in [3.8, 4) is 0 Å². The molecule has 0 radical (unpaired) electrons. The van der Waals surface area contributed by atoms with Crippen LogP contribution in [0.1, 0.15) is 103 Å². The van der Waals surface area contributed by atoms with E-state index in [1.807, 2.05) is 0 Å². The average molecular weight is 384 g/mol. The van der Waals surface area contributed by atoms with Gasteiger partial charge >= 0.3 is 5.97 Å². The molecular formula is C20H39N4O3+. The number of aliphatic carboxylic acids is 1. The fraction of sp³-hybridized carbons (Fsp3) is 0.900. The van der Waals surface area contributed by atoms with E-state index in [1.54, 1.807) is 0 Å². The summed E-state index contributed by atoms with van der Waals surface area (Å²) in [6.07, 6.45) is 16.8. The first-order valence-electron chi connectivity index (χ1n) is 10.7. The summed E-state index contributed by atoms with van der Waals surface area (Å²) >= 11 is 0. The van der Waals surface area contributed by atoms with Crippen molar-refractivity contribution in [3.05, 3.63) is 0 Å². The van der Waals surface area contributed by atoms with Gasteiger partial charge in [0.25, 0.3) is 0 Å². The second kappa shape index (κ2) is 19.0. The molecule has 0 heterocycles. The Hall–Kier alpha value is -1.75. The lowest BCUT2D eigenvalue weighted by Crippen LogP contribution is -2.41. The Bertz CT molecular complexity index is 437. The second-order valence-electron chi connectivity index (χ2n) is 7.20. The molecule has 0 saturated carbocycles. The Kier molecular flexibility index (Phi) is 17.8. The minimum absolute atomic E-state index is 0.124. The Morgan fingerprint density at radius 2 is 1.41 bits per heavy atom. The molecule has 0 spiro atoms. The third-order valence-electron chi connectivity index (χ3n) is 4.73. The molecule has 7 heteroatoms. The number of amides is 1. The van der Waals surface area contributed by atoms with Crippen molar-refractivity contribution in [2.24, 2.45) is 5.11 Å². The number of carboxylic acid groups (broad SMARTS) is 1. The van der Waals surface area contributed by atoms with Crippen molar-refractivity contribution in [1.29, 1.82) is 5.53 Å². The van der Waals surface area contributed by atoms with Crippen LogP contribution in [0.25, 0.3) is 0 Å². The van der Waals surface area contributed by atoms with Crippen molar-refractivity contribution >= 4 is 11.9 Å². The Labute approximate surface area is 163 Å². The Morgan fingerprint density at radius 1 is 0.926 bits per heavy atom. The maximum atomic E-state index is 11.8. The number of nitrogens with one attached hydrogen (secondary N) is 2. The standard InChI is InChI=1S/C20H38N4O3/c1-2-3-4-5-6-7-8-9-10-11-12-13-14-15-19(25)23-18(20(26)27)16-17-22-24-21/h18,21H,2-17H2,1H3,(H-,23,25,26,27)/p+1. The molecule has 1 unspecified atom stereocenters. The van der Waals surface area contributed by atoms with E-state index in [9.17, 15) is 9.59 Å². The van der Waals surface area contributed by atoms with Crippen LogP contribution in [0.3, 0.4) is 0 Å². The third kappa shape index (κ3) is 17.4. The zero-order chi connectivity index (χ0) is 20.2. The predicted molar refractivity (Wildman–Crippen MR) is 107 cm³/mol. The van der Waals surface area contributed by atoms with Gasteiger partial charge in [-0.1, -0.05) is 84.0 Å². The van der Waals surface area contributed by atoms with Crippen LogP contribution in [0.4, 0.5) is 0 Å². The molecule has 0 rings (SSSR count). The highest BCUT2D eigenvalue weighted by molar-refractivity contribution is 5.83. The zero-order valence-electron chi connectivity index (χ0n) is 17.0. The zero-order valence-corrected chi connectivity index (χ0v) is 17.0. The third-order valence-corrected chi connectivity index (χ3v) is 4.73. The first kappa shape index (κ1) is 25.2. The summed E-state index contributed by atoms with van der Waals surface area (Å²) in [4.78, 5) is 25.7. The number of rotatable bonds is 19. The van der Waals surface area contributed by atoms with E-state index in [4.69, 9.17) is 10.6 Å². The summed E-state index contributed by atoms with van der Waals surface area (Å²) in [5.74, 6) is -1.30. The van der Waals surface area contributed by atoms with Gasteiger partial charge in [-0.3, -0.25) is 4.79 Å². The van der Waals surface area contributed by atoms with Gasteiger partial charge < -0.3 is 10.4 Å². The largest absolute Gasteiger partial charge is 0.480 e. The molecule has 0 aromatic carbocycles. The van der Waals surface area contributed by atoms with Gasteiger partial charge in [-0.05, 0) is 6.42 Å². The highest BCUT2D eigenvalue weighted by Crippen LogP contribution is 2.13. The molecule has 1 amide bonds. The molecule has 0 aliphatic heterocycles. The highest BCUT2D eigenvalue weighted by Gasteiger charge is 2.19. The predicted octanol–water partition coefficient (Wildman–Crippen LogP) is 4.98. The maximum absolute atomic E-state index is 11.8. The van der Waals surface area contributed by atoms with Crippen LogP contribution in [-0.4, -0.2) is 29.6 Å². The first-order valence-corrected chi connectivity index (χ1v) is 10.7. The van der Waals surface area contributed by atoms with Crippen LogP contribution >= 0.6 is 0 Å². The number of hydrogen-bond acceptors (Lipinski definition) is 4. The first-order chi connectivity index (χ1) is 13.1. The molecule has 156 valence electrons. The van der Waals surface area contributed by atoms with Gasteiger partial charge in [-0.15, -0.1) is 0 Å². The molecule has 0 aromatic heterocycles. The molecule has 7 nitrogen and oxygen atoms in total.